The van der Waals surface area contributed by atoms with Gasteiger partial charge in [0.25, 0.3) is 0 Å². The highest BCUT2D eigenvalue weighted by molar-refractivity contribution is 6.35. The minimum Gasteiger partial charge on any atom is -0.386 e. The number of nitriles is 1. The molecule has 39 heavy (non-hydrogen) atoms. The highest BCUT2D eigenvalue weighted by Gasteiger charge is 2.15. The fourth-order valence-electron chi connectivity index (χ4n) is 3.01. The molecule has 0 saturated carbocycles. The number of nitrogens with zero attached hydrogens (tertiary/aromatic N) is 2. The summed E-state index contributed by atoms with van der Waals surface area (Å²) in [6, 6.07) is 6.28. The second-order valence-electron chi connectivity index (χ2n) is 8.03. The van der Waals surface area contributed by atoms with E-state index < -0.39 is 0 Å². The maximum absolute atomic E-state index is 9.71. The van der Waals surface area contributed by atoms with Gasteiger partial charge in [-0.3, -0.25) is 9.78 Å². The van der Waals surface area contributed by atoms with Gasteiger partial charge in [-0.15, -0.1) is 0 Å². The molecule has 0 aliphatic carbocycles. The van der Waals surface area contributed by atoms with Crippen LogP contribution in [0, 0.1) is 25.2 Å². The summed E-state index contributed by atoms with van der Waals surface area (Å²) in [6.07, 6.45) is 14.9. The molecular weight excluding hydrogens is 502 g/mol. The molecule has 0 bridgehead atoms. The third kappa shape index (κ3) is 15.8. The molecule has 0 saturated heterocycles. The highest BCUT2D eigenvalue weighted by atomic mass is 35.5. The van der Waals surface area contributed by atoms with Gasteiger partial charge in [0.05, 0.1) is 28.5 Å². The van der Waals surface area contributed by atoms with E-state index >= 15 is 0 Å². The van der Waals surface area contributed by atoms with Crippen LogP contribution in [0.4, 0.5) is 5.69 Å². The largest absolute Gasteiger partial charge is 0.386 e. The van der Waals surface area contributed by atoms with Crippen molar-refractivity contribution in [1.29, 1.82) is 5.26 Å². The number of aromatic nitrogens is 1. The minimum atomic E-state index is 0.647. The number of nitrogens with one attached hydrogen (secondary N) is 1. The van der Waals surface area contributed by atoms with Crippen molar-refractivity contribution >= 4 is 29.1 Å². The molecule has 5 heteroatoms. The Morgan fingerprint density at radius 1 is 1.05 bits per heavy atom. The maximum Gasteiger partial charge on any atom is 0.142 e. The number of pyridine rings is 1. The van der Waals surface area contributed by atoms with Crippen molar-refractivity contribution in [3.8, 4) is 6.07 Å². The lowest BCUT2D eigenvalue weighted by molar-refractivity contribution is -0.104. The summed E-state index contributed by atoms with van der Waals surface area (Å²) >= 11 is 6.58. The van der Waals surface area contributed by atoms with E-state index in [1.54, 1.807) is 18.5 Å². The zero-order valence-electron chi connectivity index (χ0n) is 26.5. The summed E-state index contributed by atoms with van der Waals surface area (Å²) in [5.41, 5.74) is 7.64. The van der Waals surface area contributed by atoms with Crippen molar-refractivity contribution in [1.82, 2.24) is 4.98 Å². The van der Waals surface area contributed by atoms with Crippen LogP contribution in [-0.2, 0) is 4.79 Å². The van der Waals surface area contributed by atoms with Crippen LogP contribution >= 0.6 is 11.6 Å². The third-order valence-corrected chi connectivity index (χ3v) is 5.36. The fraction of sp³-hybridized carbons (Fsp3) is 0.441. The first-order chi connectivity index (χ1) is 18.7. The molecular formula is C34H52ClN3O. The number of hydrogen-bond acceptors (Lipinski definition) is 4. The number of benzene rings is 1. The molecule has 1 aromatic heterocycles. The molecule has 0 amide bonds. The lowest BCUT2D eigenvalue weighted by Gasteiger charge is -2.16. The van der Waals surface area contributed by atoms with E-state index in [9.17, 15) is 10.1 Å². The first-order valence-electron chi connectivity index (χ1n) is 14.0. The Morgan fingerprint density at radius 3 is 2.10 bits per heavy atom. The molecule has 2 aromatic rings. The molecule has 0 aliphatic heterocycles. The molecule has 1 N–H and O–H groups in total. The van der Waals surface area contributed by atoms with E-state index in [0.29, 0.717) is 10.6 Å². The van der Waals surface area contributed by atoms with Crippen molar-refractivity contribution in [2.24, 2.45) is 0 Å². The third-order valence-electron chi connectivity index (χ3n) is 4.95. The Balaban J connectivity index is -0.000000721. The number of allylic oxidation sites excluding steroid dienone is 5. The first kappa shape index (κ1) is 40.3. The number of rotatable bonds is 7. The Labute approximate surface area is 244 Å². The van der Waals surface area contributed by atoms with E-state index in [-0.39, 0.29) is 0 Å². The lowest BCUT2D eigenvalue weighted by Crippen LogP contribution is -1.99. The predicted octanol–water partition coefficient (Wildman–Crippen LogP) is 10.7. The molecule has 0 fully saturated rings. The minimum absolute atomic E-state index is 0.647. The molecule has 0 unspecified atom stereocenters. The second kappa shape index (κ2) is 26.4. The van der Waals surface area contributed by atoms with Crippen molar-refractivity contribution < 1.29 is 4.79 Å². The van der Waals surface area contributed by atoms with Crippen LogP contribution in [0.1, 0.15) is 109 Å². The number of aryl methyl sites for hydroxylation is 2. The van der Waals surface area contributed by atoms with Crippen molar-refractivity contribution in [3.05, 3.63) is 87.2 Å². The van der Waals surface area contributed by atoms with Gasteiger partial charge < -0.3 is 5.32 Å². The zero-order chi connectivity index (χ0) is 30.8. The summed E-state index contributed by atoms with van der Waals surface area (Å²) in [4.78, 5) is 14.0. The van der Waals surface area contributed by atoms with Gasteiger partial charge in [-0.25, -0.2) is 0 Å². The van der Waals surface area contributed by atoms with E-state index in [4.69, 9.17) is 11.6 Å². The summed E-state index contributed by atoms with van der Waals surface area (Å²) in [7, 11) is 1.83. The van der Waals surface area contributed by atoms with Crippen molar-refractivity contribution in [3.63, 3.8) is 0 Å². The Bertz CT molecular complexity index is 1080. The Morgan fingerprint density at radius 2 is 1.64 bits per heavy atom. The van der Waals surface area contributed by atoms with Crippen molar-refractivity contribution in [2.45, 2.75) is 95.4 Å². The lowest BCUT2D eigenvalue weighted by atomic mass is 9.91. The molecule has 0 radical (unpaired) electrons. The monoisotopic (exact) mass is 553 g/mol. The molecule has 4 nitrogen and oxygen atoms in total. The van der Waals surface area contributed by atoms with Gasteiger partial charge in [0, 0.05) is 18.8 Å². The highest BCUT2D eigenvalue weighted by Crippen LogP contribution is 2.35. The van der Waals surface area contributed by atoms with Crippen molar-refractivity contribution in [2.75, 3.05) is 12.4 Å². The molecule has 2 rings (SSSR count). The number of anilines is 1. The van der Waals surface area contributed by atoms with E-state index in [1.165, 1.54) is 12.5 Å². The van der Waals surface area contributed by atoms with Gasteiger partial charge in [0.1, 0.15) is 6.29 Å². The molecule has 1 heterocycles. The predicted molar refractivity (Wildman–Crippen MR) is 175 cm³/mol. The van der Waals surface area contributed by atoms with Gasteiger partial charge in [-0.05, 0) is 68.5 Å². The van der Waals surface area contributed by atoms with Gasteiger partial charge >= 0.3 is 0 Å². The van der Waals surface area contributed by atoms with Crippen LogP contribution in [0.15, 0.2) is 54.4 Å². The number of unbranched alkanes of at least 4 members (excludes halogenated alkanes) is 1. The van der Waals surface area contributed by atoms with Crippen LogP contribution in [0.5, 0.6) is 0 Å². The Kier molecular flexibility index (Phi) is 27.4. The number of hydrogen-bond donors (Lipinski definition) is 1. The van der Waals surface area contributed by atoms with Crippen LogP contribution in [0.2, 0.25) is 5.02 Å². The standard InChI is InChI=1S/C20H22ClN3.C7H10O.C3H8.2C2H6/c1-5-6-7-16(18-11-24-12-19(23-4)20(18)21)17-9-15(10-22)13(2)8-14(17)3;1-3-7(2)5-4-6-8;1-3-2;2*1-2/h7-9,11-12,23H,5-6H2,1-4H3;3-6H,1-2H3;3H2,1-2H3;2*1-2H3/b16-7+;5-4-,7-3-;;;. The van der Waals surface area contributed by atoms with Crippen LogP contribution in [-0.4, -0.2) is 18.3 Å². The Hall–Kier alpha value is -3.16. The topological polar surface area (TPSA) is 65.8 Å². The SMILES string of the molecule is C/C=C(C)\C=C/C=O.CC.CC.CCC.CCC/C=C(\c1cc(C#N)c(C)cc1C)c1cncc(NC)c1Cl. The smallest absolute Gasteiger partial charge is 0.142 e. The van der Waals surface area contributed by atoms with Crippen LogP contribution in [0.3, 0.4) is 0 Å². The zero-order valence-corrected chi connectivity index (χ0v) is 27.3. The molecule has 0 aliphatic rings. The average Bonchev–Trinajstić information content (AvgIpc) is 2.96. The van der Waals surface area contributed by atoms with Crippen LogP contribution in [0.25, 0.3) is 5.57 Å². The first-order valence-corrected chi connectivity index (χ1v) is 14.4. The summed E-state index contributed by atoms with van der Waals surface area (Å²) in [5, 5.41) is 13.1. The second-order valence-corrected chi connectivity index (χ2v) is 8.41. The number of halogens is 1. The van der Waals surface area contributed by atoms with E-state index in [1.807, 2.05) is 67.7 Å². The normalized spacial score (nSPS) is 10.3. The average molecular weight is 554 g/mol. The van der Waals surface area contributed by atoms with Gasteiger partial charge in [-0.2, -0.15) is 5.26 Å². The maximum atomic E-state index is 9.71. The van der Waals surface area contributed by atoms with E-state index in [2.05, 4.69) is 56.2 Å². The molecule has 216 valence electrons. The molecule has 0 atom stereocenters. The number of carbonyl (C=O) groups excluding carboxylic acids is 1. The summed E-state index contributed by atoms with van der Waals surface area (Å²) in [6.45, 7) is 22.3. The quantitative estimate of drug-likeness (QED) is 0.210. The molecule has 0 spiro atoms. The van der Waals surface area contributed by atoms with Gasteiger partial charge in [0.15, 0.2) is 0 Å². The summed E-state index contributed by atoms with van der Waals surface area (Å²) < 4.78 is 0. The number of aldehydes is 1. The molecule has 1 aromatic carbocycles. The van der Waals surface area contributed by atoms with Gasteiger partial charge in [-0.1, -0.05) is 103 Å². The summed E-state index contributed by atoms with van der Waals surface area (Å²) in [5.74, 6) is 0. The number of carbonyl (C=O) groups is 1. The van der Waals surface area contributed by atoms with E-state index in [0.717, 1.165) is 58.2 Å². The van der Waals surface area contributed by atoms with Gasteiger partial charge in [0.2, 0.25) is 0 Å². The van der Waals surface area contributed by atoms with Crippen LogP contribution < -0.4 is 5.32 Å². The fourth-order valence-corrected chi connectivity index (χ4v) is 3.30.